The Kier molecular flexibility index (Phi) is 4.08. The molecule has 20 heavy (non-hydrogen) atoms. The Morgan fingerprint density at radius 1 is 1.25 bits per heavy atom. The van der Waals surface area contributed by atoms with Crippen molar-refractivity contribution in [2.24, 2.45) is 0 Å². The Bertz CT molecular complexity index is 659. The molecule has 2 rings (SSSR count). The molecule has 0 aliphatic heterocycles. The number of nitrogens with zero attached hydrogens (tertiary/aromatic N) is 1. The number of hydrogen-bond acceptors (Lipinski definition) is 2. The maximum atomic E-state index is 13.9. The van der Waals surface area contributed by atoms with E-state index in [1.54, 1.807) is 43.3 Å². The summed E-state index contributed by atoms with van der Waals surface area (Å²) in [5.74, 6) is -0.511. The third kappa shape index (κ3) is 2.98. The molecule has 0 fully saturated rings. The summed E-state index contributed by atoms with van der Waals surface area (Å²) in [6.45, 7) is 1.61. The molecular weight excluding hydrogens is 277 g/mol. The third-order valence-corrected chi connectivity index (χ3v) is 3.49. The van der Waals surface area contributed by atoms with Crippen LogP contribution in [0.4, 0.5) is 4.39 Å². The molecule has 2 aromatic carbocycles. The minimum absolute atomic E-state index is 0.0399. The van der Waals surface area contributed by atoms with Crippen LogP contribution in [0.25, 0.3) is 0 Å². The summed E-state index contributed by atoms with van der Waals surface area (Å²) in [5, 5.41) is 19.3. The lowest BCUT2D eigenvalue weighted by atomic mass is 9.88. The van der Waals surface area contributed by atoms with Gasteiger partial charge in [0.05, 0.1) is 22.3 Å². The quantitative estimate of drug-likeness (QED) is 0.934. The first kappa shape index (κ1) is 14.5. The van der Waals surface area contributed by atoms with Crippen molar-refractivity contribution in [2.75, 3.05) is 0 Å². The molecule has 1 atom stereocenters. The predicted molar refractivity (Wildman–Crippen MR) is 75.8 cm³/mol. The lowest BCUT2D eigenvalue weighted by molar-refractivity contribution is 0.0567. The largest absolute Gasteiger partial charge is 0.385 e. The van der Waals surface area contributed by atoms with Crippen molar-refractivity contribution in [1.29, 1.82) is 5.26 Å². The van der Waals surface area contributed by atoms with Crippen LogP contribution in [-0.2, 0) is 12.0 Å². The maximum absolute atomic E-state index is 13.9. The van der Waals surface area contributed by atoms with E-state index < -0.39 is 11.4 Å². The molecule has 2 nitrogen and oxygen atoms in total. The molecule has 0 saturated carbocycles. The van der Waals surface area contributed by atoms with Crippen molar-refractivity contribution in [3.05, 3.63) is 70.0 Å². The normalized spacial score (nSPS) is 13.6. The van der Waals surface area contributed by atoms with Gasteiger partial charge in [-0.05, 0) is 36.2 Å². The average Bonchev–Trinajstić information content (AvgIpc) is 2.44. The van der Waals surface area contributed by atoms with Gasteiger partial charge < -0.3 is 5.11 Å². The van der Waals surface area contributed by atoms with E-state index in [-0.39, 0.29) is 11.4 Å². The van der Waals surface area contributed by atoms with Crippen molar-refractivity contribution < 1.29 is 9.50 Å². The predicted octanol–water partition coefficient (Wildman–Crippen LogP) is 3.80. The van der Waals surface area contributed by atoms with E-state index in [0.717, 1.165) is 0 Å². The first-order valence-electron chi connectivity index (χ1n) is 6.10. The van der Waals surface area contributed by atoms with E-state index in [2.05, 4.69) is 0 Å². The van der Waals surface area contributed by atoms with Gasteiger partial charge >= 0.3 is 0 Å². The zero-order valence-electron chi connectivity index (χ0n) is 10.9. The average molecular weight is 290 g/mol. The fraction of sp³-hybridized carbons (Fsp3) is 0.188. The third-order valence-electron chi connectivity index (χ3n) is 3.20. The lowest BCUT2D eigenvalue weighted by Gasteiger charge is -2.24. The van der Waals surface area contributed by atoms with Crippen LogP contribution in [0.3, 0.4) is 0 Å². The van der Waals surface area contributed by atoms with Gasteiger partial charge in [-0.15, -0.1) is 0 Å². The highest BCUT2D eigenvalue weighted by Crippen LogP contribution is 2.28. The number of hydrogen-bond donors (Lipinski definition) is 1. The van der Waals surface area contributed by atoms with E-state index in [4.69, 9.17) is 16.9 Å². The van der Waals surface area contributed by atoms with Crippen LogP contribution in [0.5, 0.6) is 0 Å². The summed E-state index contributed by atoms with van der Waals surface area (Å²) in [7, 11) is 0. The zero-order valence-corrected chi connectivity index (χ0v) is 11.7. The summed E-state index contributed by atoms with van der Waals surface area (Å²) in [4.78, 5) is 0. The highest BCUT2D eigenvalue weighted by molar-refractivity contribution is 6.30. The Labute approximate surface area is 122 Å². The fourth-order valence-corrected chi connectivity index (χ4v) is 2.26. The van der Waals surface area contributed by atoms with Gasteiger partial charge in [0, 0.05) is 6.42 Å². The second-order valence-electron chi connectivity index (χ2n) is 4.85. The molecule has 0 radical (unpaired) electrons. The number of rotatable bonds is 3. The minimum Gasteiger partial charge on any atom is -0.385 e. The highest BCUT2D eigenvalue weighted by atomic mass is 35.5. The maximum Gasteiger partial charge on any atom is 0.145 e. The Hall–Kier alpha value is -1.89. The van der Waals surface area contributed by atoms with Crippen molar-refractivity contribution in [3.8, 4) is 6.07 Å². The summed E-state index contributed by atoms with van der Waals surface area (Å²) in [5.41, 5.74) is 0.251. The monoisotopic (exact) mass is 289 g/mol. The van der Waals surface area contributed by atoms with Crippen molar-refractivity contribution in [3.63, 3.8) is 0 Å². The number of aliphatic hydroxyl groups is 1. The summed E-state index contributed by atoms with van der Waals surface area (Å²) in [6.07, 6.45) is 0.102. The van der Waals surface area contributed by atoms with Gasteiger partial charge in [0.25, 0.3) is 0 Å². The molecule has 102 valence electrons. The second-order valence-corrected chi connectivity index (χ2v) is 5.26. The van der Waals surface area contributed by atoms with Crippen LogP contribution >= 0.6 is 11.6 Å². The molecule has 0 saturated heterocycles. The Morgan fingerprint density at radius 3 is 2.50 bits per heavy atom. The van der Waals surface area contributed by atoms with Gasteiger partial charge in [-0.2, -0.15) is 5.26 Å². The number of halogens is 2. The molecule has 0 spiro atoms. The second kappa shape index (κ2) is 5.62. The summed E-state index contributed by atoms with van der Waals surface area (Å²) >= 11 is 5.74. The molecular formula is C16H13ClFNO. The molecule has 1 unspecified atom stereocenters. The van der Waals surface area contributed by atoms with Gasteiger partial charge in [0.1, 0.15) is 5.82 Å². The summed E-state index contributed by atoms with van der Waals surface area (Å²) in [6, 6.07) is 13.3. The van der Waals surface area contributed by atoms with Crippen molar-refractivity contribution >= 4 is 11.6 Å². The lowest BCUT2D eigenvalue weighted by Crippen LogP contribution is -2.24. The number of benzene rings is 2. The van der Waals surface area contributed by atoms with Crippen LogP contribution in [0, 0.1) is 17.1 Å². The van der Waals surface area contributed by atoms with Crippen LogP contribution < -0.4 is 0 Å². The van der Waals surface area contributed by atoms with Gasteiger partial charge in [-0.1, -0.05) is 35.9 Å². The molecule has 1 N–H and O–H groups in total. The first-order chi connectivity index (χ1) is 9.44. The topological polar surface area (TPSA) is 44.0 Å². The zero-order chi connectivity index (χ0) is 14.8. The number of nitriles is 1. The van der Waals surface area contributed by atoms with Gasteiger partial charge in [-0.25, -0.2) is 4.39 Å². The highest BCUT2D eigenvalue weighted by Gasteiger charge is 2.25. The first-order valence-corrected chi connectivity index (χ1v) is 6.48. The molecule has 0 aliphatic carbocycles. The molecule has 0 heterocycles. The minimum atomic E-state index is -1.24. The van der Waals surface area contributed by atoms with E-state index in [9.17, 15) is 9.50 Å². The van der Waals surface area contributed by atoms with Crippen molar-refractivity contribution in [2.45, 2.75) is 18.9 Å². The standard InChI is InChI=1S/C16H13ClFNO/c1-16(20,13-7-5-11(10-19)6-8-13)9-12-3-2-4-14(17)15(12)18/h2-8,20H,9H2,1H3. The van der Waals surface area contributed by atoms with Crippen LogP contribution in [0.2, 0.25) is 5.02 Å². The van der Waals surface area contributed by atoms with Crippen LogP contribution in [-0.4, -0.2) is 5.11 Å². The molecule has 0 amide bonds. The van der Waals surface area contributed by atoms with E-state index in [1.807, 2.05) is 6.07 Å². The van der Waals surface area contributed by atoms with E-state index in [1.165, 1.54) is 6.07 Å². The van der Waals surface area contributed by atoms with E-state index in [0.29, 0.717) is 16.7 Å². The molecule has 0 bridgehead atoms. The van der Waals surface area contributed by atoms with Crippen molar-refractivity contribution in [1.82, 2.24) is 0 Å². The Balaban J connectivity index is 2.30. The smallest absolute Gasteiger partial charge is 0.145 e. The van der Waals surface area contributed by atoms with Gasteiger partial charge in [0.15, 0.2) is 0 Å². The Morgan fingerprint density at radius 2 is 1.90 bits per heavy atom. The molecule has 0 aromatic heterocycles. The van der Waals surface area contributed by atoms with Gasteiger partial charge in [-0.3, -0.25) is 0 Å². The fourth-order valence-electron chi connectivity index (χ4n) is 2.06. The molecule has 2 aromatic rings. The van der Waals surface area contributed by atoms with Crippen LogP contribution in [0.1, 0.15) is 23.6 Å². The molecule has 0 aliphatic rings. The SMILES string of the molecule is CC(O)(Cc1cccc(Cl)c1F)c1ccc(C#N)cc1. The van der Waals surface area contributed by atoms with E-state index >= 15 is 0 Å². The van der Waals surface area contributed by atoms with Crippen LogP contribution in [0.15, 0.2) is 42.5 Å². The summed E-state index contributed by atoms with van der Waals surface area (Å²) < 4.78 is 13.9. The van der Waals surface area contributed by atoms with Gasteiger partial charge in [0.2, 0.25) is 0 Å². The molecule has 4 heteroatoms.